The number of rotatable bonds is 8. The molecule has 0 aliphatic heterocycles. The molecule has 2 rings (SSSR count). The molecule has 0 N–H and O–H groups in total. The van der Waals surface area contributed by atoms with Crippen molar-refractivity contribution < 1.29 is 30.8 Å². The molecule has 0 saturated heterocycles. The van der Waals surface area contributed by atoms with Crippen LogP contribution in [0.1, 0.15) is 41.5 Å². The SMILES string of the molecule is C[N+](C)(CCl)CCCCC=C(c1cccc(C(F)(F)F)c1)c1cccc(C(F)(F)F)c1. The Morgan fingerprint density at radius 1 is 0.839 bits per heavy atom. The number of hydrogen-bond acceptors (Lipinski definition) is 0. The van der Waals surface area contributed by atoms with E-state index in [4.69, 9.17) is 11.6 Å². The van der Waals surface area contributed by atoms with Crippen molar-refractivity contribution in [1.82, 2.24) is 0 Å². The van der Waals surface area contributed by atoms with Gasteiger partial charge in [0, 0.05) is 0 Å². The Hall–Kier alpha value is -1.99. The molecular weight excluding hydrogens is 440 g/mol. The van der Waals surface area contributed by atoms with Gasteiger partial charge in [-0.05, 0) is 60.2 Å². The fourth-order valence-corrected chi connectivity index (χ4v) is 3.24. The first-order valence-electron chi connectivity index (χ1n) is 9.77. The summed E-state index contributed by atoms with van der Waals surface area (Å²) in [6.07, 6.45) is -5.29. The molecule has 0 aliphatic carbocycles. The van der Waals surface area contributed by atoms with Crippen LogP contribution in [0.25, 0.3) is 5.57 Å². The number of allylic oxidation sites excluding steroid dienone is 1. The predicted molar refractivity (Wildman–Crippen MR) is 112 cm³/mol. The Labute approximate surface area is 183 Å². The zero-order valence-electron chi connectivity index (χ0n) is 17.3. The minimum absolute atomic E-state index is 0.228. The van der Waals surface area contributed by atoms with Crippen molar-refractivity contribution in [2.45, 2.75) is 31.6 Å². The maximum atomic E-state index is 13.2. The zero-order chi connectivity index (χ0) is 23.3. The van der Waals surface area contributed by atoms with E-state index in [1.807, 2.05) is 14.1 Å². The first-order valence-corrected chi connectivity index (χ1v) is 10.3. The lowest BCUT2D eigenvalue weighted by atomic mass is 9.93. The van der Waals surface area contributed by atoms with E-state index in [9.17, 15) is 26.3 Å². The summed E-state index contributed by atoms with van der Waals surface area (Å²) in [5.74, 6) is 0. The van der Waals surface area contributed by atoms with Gasteiger partial charge in [0.2, 0.25) is 0 Å². The monoisotopic (exact) mass is 464 g/mol. The molecule has 170 valence electrons. The number of alkyl halides is 7. The third-order valence-corrected chi connectivity index (χ3v) is 5.54. The van der Waals surface area contributed by atoms with Crippen LogP contribution in [-0.4, -0.2) is 31.1 Å². The van der Waals surface area contributed by atoms with Crippen molar-refractivity contribution in [3.63, 3.8) is 0 Å². The van der Waals surface area contributed by atoms with Crippen molar-refractivity contribution in [3.8, 4) is 0 Å². The van der Waals surface area contributed by atoms with Gasteiger partial charge in [0.1, 0.15) is 0 Å². The second-order valence-electron chi connectivity index (χ2n) is 8.05. The molecule has 0 saturated carbocycles. The average Bonchev–Trinajstić information content (AvgIpc) is 2.69. The average molecular weight is 465 g/mol. The van der Waals surface area contributed by atoms with E-state index in [1.54, 1.807) is 6.08 Å². The molecule has 0 amide bonds. The summed E-state index contributed by atoms with van der Waals surface area (Å²) >= 11 is 5.90. The molecule has 0 radical (unpaired) electrons. The molecule has 0 spiro atoms. The van der Waals surface area contributed by atoms with Gasteiger partial charge in [-0.3, -0.25) is 0 Å². The Kier molecular flexibility index (Phi) is 8.22. The Bertz CT molecular complexity index is 840. The van der Waals surface area contributed by atoms with E-state index in [2.05, 4.69) is 0 Å². The summed E-state index contributed by atoms with van der Waals surface area (Å²) in [5, 5.41) is 0. The summed E-state index contributed by atoms with van der Waals surface area (Å²) in [6, 6.07) is 9.78. The molecular formula is C23H25ClF6N+. The third kappa shape index (κ3) is 7.58. The number of halogens is 7. The molecule has 2 aromatic rings. The largest absolute Gasteiger partial charge is 0.416 e. The van der Waals surface area contributed by atoms with Gasteiger partial charge in [-0.25, -0.2) is 0 Å². The van der Waals surface area contributed by atoms with Gasteiger partial charge in [-0.15, -0.1) is 0 Å². The minimum atomic E-state index is -4.54. The molecule has 31 heavy (non-hydrogen) atoms. The topological polar surface area (TPSA) is 0 Å². The quantitative estimate of drug-likeness (QED) is 0.124. The predicted octanol–water partition coefficient (Wildman–Crippen LogP) is 7.60. The van der Waals surface area contributed by atoms with E-state index >= 15 is 0 Å². The summed E-state index contributed by atoms with van der Waals surface area (Å²) in [7, 11) is 3.97. The van der Waals surface area contributed by atoms with Crippen molar-refractivity contribution in [2.75, 3.05) is 26.6 Å². The Balaban J connectivity index is 2.37. The first-order chi connectivity index (χ1) is 14.3. The molecule has 0 fully saturated rings. The summed E-state index contributed by atoms with van der Waals surface area (Å²) in [5.41, 5.74) is -0.881. The van der Waals surface area contributed by atoms with Crippen LogP contribution >= 0.6 is 11.6 Å². The van der Waals surface area contributed by atoms with E-state index in [0.717, 1.165) is 43.7 Å². The lowest BCUT2D eigenvalue weighted by molar-refractivity contribution is -0.879. The van der Waals surface area contributed by atoms with Crippen molar-refractivity contribution in [1.29, 1.82) is 0 Å². The van der Waals surface area contributed by atoms with Gasteiger partial charge in [0.15, 0.2) is 6.00 Å². The second-order valence-corrected chi connectivity index (χ2v) is 8.29. The molecule has 0 atom stereocenters. The highest BCUT2D eigenvalue weighted by Crippen LogP contribution is 2.35. The van der Waals surface area contributed by atoms with Crippen LogP contribution in [0.4, 0.5) is 26.3 Å². The third-order valence-electron chi connectivity index (χ3n) is 4.89. The normalized spacial score (nSPS) is 12.7. The van der Waals surface area contributed by atoms with Crippen LogP contribution in [0.5, 0.6) is 0 Å². The maximum Gasteiger partial charge on any atom is 0.416 e. The minimum Gasteiger partial charge on any atom is -0.316 e. The first kappa shape index (κ1) is 25.3. The van der Waals surface area contributed by atoms with Crippen LogP contribution in [0.15, 0.2) is 54.6 Å². The van der Waals surface area contributed by atoms with Crippen LogP contribution in [0, 0.1) is 0 Å². The van der Waals surface area contributed by atoms with Crippen LogP contribution in [-0.2, 0) is 12.4 Å². The summed E-state index contributed by atoms with van der Waals surface area (Å²) in [4.78, 5) is 0. The summed E-state index contributed by atoms with van der Waals surface area (Å²) < 4.78 is 79.7. The van der Waals surface area contributed by atoms with Crippen LogP contribution < -0.4 is 0 Å². The second kappa shape index (κ2) is 10.1. The zero-order valence-corrected chi connectivity index (χ0v) is 18.1. The number of nitrogens with zero attached hydrogens (tertiary/aromatic N) is 1. The van der Waals surface area contributed by atoms with Crippen LogP contribution in [0.2, 0.25) is 0 Å². The fourth-order valence-electron chi connectivity index (χ4n) is 3.12. The smallest absolute Gasteiger partial charge is 0.316 e. The molecule has 0 unspecified atom stereocenters. The molecule has 1 nitrogen and oxygen atoms in total. The van der Waals surface area contributed by atoms with Gasteiger partial charge in [-0.2, -0.15) is 26.3 Å². The van der Waals surface area contributed by atoms with Crippen LogP contribution in [0.3, 0.4) is 0 Å². The number of benzene rings is 2. The van der Waals surface area contributed by atoms with E-state index in [0.29, 0.717) is 22.5 Å². The molecule has 0 bridgehead atoms. The van der Waals surface area contributed by atoms with Gasteiger partial charge < -0.3 is 4.48 Å². The molecule has 0 aliphatic rings. The van der Waals surface area contributed by atoms with Gasteiger partial charge in [0.25, 0.3) is 0 Å². The highest BCUT2D eigenvalue weighted by molar-refractivity contribution is 6.16. The lowest BCUT2D eigenvalue weighted by Crippen LogP contribution is -2.38. The Morgan fingerprint density at radius 2 is 1.32 bits per heavy atom. The summed E-state index contributed by atoms with van der Waals surface area (Å²) in [6.45, 7) is 0.819. The van der Waals surface area contributed by atoms with Crippen molar-refractivity contribution >= 4 is 17.2 Å². The molecule has 2 aromatic carbocycles. The lowest BCUT2D eigenvalue weighted by Gasteiger charge is -2.26. The van der Waals surface area contributed by atoms with Crippen molar-refractivity contribution in [2.24, 2.45) is 0 Å². The fraction of sp³-hybridized carbons (Fsp3) is 0.391. The van der Waals surface area contributed by atoms with E-state index in [-0.39, 0.29) is 11.1 Å². The van der Waals surface area contributed by atoms with E-state index < -0.39 is 23.5 Å². The van der Waals surface area contributed by atoms with Gasteiger partial charge >= 0.3 is 12.4 Å². The number of unbranched alkanes of at least 4 members (excludes halogenated alkanes) is 2. The van der Waals surface area contributed by atoms with E-state index in [1.165, 1.54) is 24.3 Å². The Morgan fingerprint density at radius 3 is 1.74 bits per heavy atom. The highest BCUT2D eigenvalue weighted by Gasteiger charge is 2.32. The van der Waals surface area contributed by atoms with Crippen molar-refractivity contribution in [3.05, 3.63) is 76.9 Å². The molecule has 0 heterocycles. The number of hydrogen-bond donors (Lipinski definition) is 0. The van der Waals surface area contributed by atoms with Gasteiger partial charge in [-0.1, -0.05) is 41.9 Å². The molecule has 0 aromatic heterocycles. The maximum absolute atomic E-state index is 13.2. The molecule has 8 heteroatoms. The number of quaternary nitrogens is 1. The standard InChI is InChI=1S/C23H25ClF6N/c1-31(2,16-24)13-5-3-4-12-21(17-8-6-10-19(14-17)22(25,26)27)18-9-7-11-20(15-18)23(28,29)30/h6-12,14-15H,3-5,13,16H2,1-2H3/q+1. The van der Waals surface area contributed by atoms with Gasteiger partial charge in [0.05, 0.1) is 31.8 Å². The highest BCUT2D eigenvalue weighted by atomic mass is 35.5.